The second kappa shape index (κ2) is 11.4. The summed E-state index contributed by atoms with van der Waals surface area (Å²) in [5.41, 5.74) is 1.85. The quantitative estimate of drug-likeness (QED) is 0.297. The number of rotatable bonds is 11. The number of benzene rings is 2. The molecule has 8 nitrogen and oxygen atoms in total. The highest BCUT2D eigenvalue weighted by molar-refractivity contribution is 7.89. The molecule has 0 aliphatic rings. The van der Waals surface area contributed by atoms with Crippen LogP contribution in [0.2, 0.25) is 10.0 Å². The maximum atomic E-state index is 13.1. The van der Waals surface area contributed by atoms with Crippen molar-refractivity contribution in [2.24, 2.45) is 0 Å². The summed E-state index contributed by atoms with van der Waals surface area (Å²) in [6.07, 6.45) is 4.67. The van der Waals surface area contributed by atoms with Crippen molar-refractivity contribution in [1.29, 1.82) is 0 Å². The van der Waals surface area contributed by atoms with E-state index in [0.717, 1.165) is 15.8 Å². The second-order valence-corrected chi connectivity index (χ2v) is 14.6. The monoisotopic (exact) mass is 572 g/mol. The predicted molar refractivity (Wildman–Crippen MR) is 143 cm³/mol. The molecule has 0 bridgehead atoms. The van der Waals surface area contributed by atoms with Gasteiger partial charge < -0.3 is 14.8 Å². The number of aryl methyl sites for hydroxylation is 1. The van der Waals surface area contributed by atoms with Crippen molar-refractivity contribution in [3.8, 4) is 5.75 Å². The highest BCUT2D eigenvalue weighted by atomic mass is 35.5. The Hall–Kier alpha value is -2.29. The van der Waals surface area contributed by atoms with Gasteiger partial charge in [-0.05, 0) is 61.0 Å². The largest absolute Gasteiger partial charge is 0.508 e. The summed E-state index contributed by atoms with van der Waals surface area (Å²) in [6, 6.07) is 10.4. The summed E-state index contributed by atoms with van der Waals surface area (Å²) < 4.78 is 37.5. The van der Waals surface area contributed by atoms with Crippen LogP contribution in [0, 0.1) is 0 Å². The van der Waals surface area contributed by atoms with Gasteiger partial charge in [0.1, 0.15) is 18.9 Å². The number of nitrogens with one attached hydrogen (secondary N) is 1. The first-order valence-electron chi connectivity index (χ1n) is 10.9. The molecule has 194 valence electrons. The number of carbonyl (C=O) groups is 1. The molecular formula is C24H27Cl2N2O6PS. The number of hydrogen-bond donors (Lipinski definition) is 3. The maximum Gasteiger partial charge on any atom is 0.321 e. The van der Waals surface area contributed by atoms with Crippen molar-refractivity contribution in [1.82, 2.24) is 9.29 Å². The molecule has 2 aromatic carbocycles. The van der Waals surface area contributed by atoms with Crippen molar-refractivity contribution >= 4 is 51.6 Å². The van der Waals surface area contributed by atoms with Gasteiger partial charge in [-0.15, -0.1) is 0 Å². The van der Waals surface area contributed by atoms with E-state index in [-0.39, 0.29) is 18.7 Å². The molecule has 0 saturated carbocycles. The molecule has 0 saturated heterocycles. The van der Waals surface area contributed by atoms with E-state index in [1.165, 1.54) is 24.5 Å². The summed E-state index contributed by atoms with van der Waals surface area (Å²) in [7, 11) is -6.18. The van der Waals surface area contributed by atoms with E-state index in [1.807, 2.05) is 0 Å². The second-order valence-electron chi connectivity index (χ2n) is 8.72. The molecule has 3 rings (SSSR count). The van der Waals surface area contributed by atoms with Crippen LogP contribution < -0.4 is 10.6 Å². The standard InChI is InChI=1S/C24H27Cl2N2O6PS/c1-35(32,19-5-3-4-18(29)13-19)9-7-16-10-21(25)20(22(26)11-16)14-27-23(24(30)31)12-17-6-8-28(15-17)36(2,33)34/h3-6,8,10-11,13,15,23,27,29H,7,9,12,14H2,1-2H3,(H,30,31). The molecule has 0 spiro atoms. The average Bonchev–Trinajstić information content (AvgIpc) is 3.25. The lowest BCUT2D eigenvalue weighted by atomic mass is 10.1. The van der Waals surface area contributed by atoms with Gasteiger partial charge in [0, 0.05) is 46.0 Å². The number of carboxylic acids is 1. The fourth-order valence-electron chi connectivity index (χ4n) is 3.68. The minimum absolute atomic E-state index is 0.0603. The van der Waals surface area contributed by atoms with Crippen LogP contribution in [0.15, 0.2) is 54.9 Å². The van der Waals surface area contributed by atoms with Crippen molar-refractivity contribution in [3.05, 3.63) is 81.6 Å². The Labute approximate surface area is 220 Å². The summed E-state index contributed by atoms with van der Waals surface area (Å²) in [5, 5.41) is 23.5. The Kier molecular flexibility index (Phi) is 8.96. The van der Waals surface area contributed by atoms with Crippen LogP contribution >= 0.6 is 30.3 Å². The van der Waals surface area contributed by atoms with Gasteiger partial charge in [-0.1, -0.05) is 35.3 Å². The summed E-state index contributed by atoms with van der Waals surface area (Å²) in [4.78, 5) is 11.8. The number of halogens is 2. The Bertz CT molecular complexity index is 1400. The van der Waals surface area contributed by atoms with E-state index >= 15 is 0 Å². The Balaban J connectivity index is 1.67. The van der Waals surface area contributed by atoms with Gasteiger partial charge in [0.2, 0.25) is 10.0 Å². The Morgan fingerprint density at radius 3 is 2.36 bits per heavy atom. The molecule has 0 aliphatic heterocycles. The smallest absolute Gasteiger partial charge is 0.321 e. The number of nitrogens with zero attached hydrogens (tertiary/aromatic N) is 1. The number of aromatic nitrogens is 1. The molecule has 0 aliphatic carbocycles. The van der Waals surface area contributed by atoms with Gasteiger partial charge >= 0.3 is 5.97 Å². The minimum Gasteiger partial charge on any atom is -0.508 e. The van der Waals surface area contributed by atoms with Gasteiger partial charge in [0.25, 0.3) is 0 Å². The average molecular weight is 573 g/mol. The number of phenols is 1. The predicted octanol–water partition coefficient (Wildman–Crippen LogP) is 3.95. The minimum atomic E-state index is -3.46. The van der Waals surface area contributed by atoms with Crippen LogP contribution in [0.3, 0.4) is 0 Å². The Morgan fingerprint density at radius 1 is 1.14 bits per heavy atom. The van der Waals surface area contributed by atoms with Crippen LogP contribution in [0.5, 0.6) is 5.75 Å². The molecule has 0 radical (unpaired) electrons. The highest BCUT2D eigenvalue weighted by Crippen LogP contribution is 2.41. The van der Waals surface area contributed by atoms with Crippen molar-refractivity contribution in [2.75, 3.05) is 19.1 Å². The number of carboxylic acid groups (broad SMARTS) is 1. The third-order valence-corrected chi connectivity index (χ3v) is 9.89. The van der Waals surface area contributed by atoms with E-state index in [0.29, 0.717) is 39.1 Å². The molecular weight excluding hydrogens is 546 g/mol. The van der Waals surface area contributed by atoms with E-state index in [1.54, 1.807) is 37.0 Å². The topological polar surface area (TPSA) is 126 Å². The molecule has 1 aromatic heterocycles. The first-order valence-corrected chi connectivity index (χ1v) is 15.9. The zero-order valence-corrected chi connectivity index (χ0v) is 22.9. The van der Waals surface area contributed by atoms with Gasteiger partial charge in [-0.25, -0.2) is 8.42 Å². The summed E-state index contributed by atoms with van der Waals surface area (Å²) in [6.45, 7) is 1.75. The molecule has 2 unspecified atom stereocenters. The van der Waals surface area contributed by atoms with Crippen LogP contribution in [-0.4, -0.2) is 53.7 Å². The lowest BCUT2D eigenvalue weighted by molar-refractivity contribution is -0.139. The zero-order valence-electron chi connectivity index (χ0n) is 19.7. The molecule has 12 heteroatoms. The van der Waals surface area contributed by atoms with Crippen molar-refractivity contribution in [3.63, 3.8) is 0 Å². The fraction of sp³-hybridized carbons (Fsp3) is 0.292. The van der Waals surface area contributed by atoms with Crippen LogP contribution in [0.1, 0.15) is 16.7 Å². The van der Waals surface area contributed by atoms with E-state index in [9.17, 15) is 28.0 Å². The number of hydrogen-bond acceptors (Lipinski definition) is 6. The third-order valence-electron chi connectivity index (χ3n) is 5.78. The van der Waals surface area contributed by atoms with Gasteiger partial charge in [0.15, 0.2) is 0 Å². The zero-order chi connectivity index (χ0) is 26.7. The number of phenolic OH excluding ortho intramolecular Hbond substituents is 1. The maximum absolute atomic E-state index is 13.1. The van der Waals surface area contributed by atoms with Gasteiger partial charge in [0.05, 0.1) is 6.26 Å². The number of aliphatic carboxylic acids is 1. The first-order chi connectivity index (χ1) is 16.8. The fourth-order valence-corrected chi connectivity index (χ4v) is 6.71. The molecule has 0 fully saturated rings. The highest BCUT2D eigenvalue weighted by Gasteiger charge is 2.22. The summed E-state index contributed by atoms with van der Waals surface area (Å²) in [5.74, 6) is -1.04. The normalized spacial score (nSPS) is 14.3. The number of aromatic hydroxyl groups is 1. The SMILES string of the molecule is CP(=O)(CCc1cc(Cl)c(CNC(Cc2ccn(S(C)(=O)=O)c2)C(=O)O)c(Cl)c1)c1cccc(O)c1. The van der Waals surface area contributed by atoms with Gasteiger partial charge in [-0.2, -0.15) is 0 Å². The van der Waals surface area contributed by atoms with Gasteiger partial charge in [-0.3, -0.25) is 14.1 Å². The lowest BCUT2D eigenvalue weighted by Gasteiger charge is -2.17. The first kappa shape index (κ1) is 28.3. The van der Waals surface area contributed by atoms with E-state index in [4.69, 9.17) is 23.2 Å². The van der Waals surface area contributed by atoms with Crippen molar-refractivity contribution in [2.45, 2.75) is 25.4 Å². The molecule has 36 heavy (non-hydrogen) atoms. The van der Waals surface area contributed by atoms with Crippen LogP contribution in [0.4, 0.5) is 0 Å². The molecule has 2 atom stereocenters. The summed E-state index contributed by atoms with van der Waals surface area (Å²) >= 11 is 12.9. The molecule has 0 amide bonds. The molecule has 3 N–H and O–H groups in total. The third kappa shape index (κ3) is 7.37. The van der Waals surface area contributed by atoms with E-state index < -0.39 is 29.2 Å². The molecule has 1 heterocycles. The lowest BCUT2D eigenvalue weighted by Crippen LogP contribution is -2.38. The molecule has 3 aromatic rings. The van der Waals surface area contributed by atoms with Crippen LogP contribution in [0.25, 0.3) is 0 Å². The van der Waals surface area contributed by atoms with Crippen LogP contribution in [-0.2, 0) is 38.8 Å². The van der Waals surface area contributed by atoms with E-state index in [2.05, 4.69) is 5.32 Å². The van der Waals surface area contributed by atoms with Crippen molar-refractivity contribution < 1.29 is 28.0 Å². The Morgan fingerprint density at radius 2 is 1.81 bits per heavy atom.